The number of hydrogen-bond acceptors (Lipinski definition) is 1. The van der Waals surface area contributed by atoms with Crippen LogP contribution >= 0.6 is 0 Å². The van der Waals surface area contributed by atoms with Crippen molar-refractivity contribution in [2.45, 2.75) is 213 Å². The molecule has 0 saturated heterocycles. The van der Waals surface area contributed by atoms with E-state index in [0.29, 0.717) is 5.78 Å². The molecular formula is C40H74O. The van der Waals surface area contributed by atoms with Crippen LogP contribution in [0, 0.1) is 0 Å². The van der Waals surface area contributed by atoms with E-state index < -0.39 is 0 Å². The summed E-state index contributed by atoms with van der Waals surface area (Å²) in [6.45, 7) is 4.57. The van der Waals surface area contributed by atoms with Gasteiger partial charge in [-0.3, -0.25) is 4.79 Å². The van der Waals surface area contributed by atoms with E-state index in [0.717, 1.165) is 32.1 Å². The first-order valence-corrected chi connectivity index (χ1v) is 18.8. The summed E-state index contributed by atoms with van der Waals surface area (Å²) in [5, 5.41) is 0. The van der Waals surface area contributed by atoms with Gasteiger partial charge in [0.05, 0.1) is 0 Å². The molecule has 0 saturated carbocycles. The largest absolute Gasteiger partial charge is 0.300 e. The Bertz CT molecular complexity index is 584. The molecule has 0 aliphatic carbocycles. The molecule has 0 aromatic carbocycles. The summed E-state index contributed by atoms with van der Waals surface area (Å²) >= 11 is 0. The van der Waals surface area contributed by atoms with E-state index in [4.69, 9.17) is 0 Å². The van der Waals surface area contributed by atoms with Crippen LogP contribution in [0.2, 0.25) is 0 Å². The van der Waals surface area contributed by atoms with Gasteiger partial charge in [0.25, 0.3) is 0 Å². The highest BCUT2D eigenvalue weighted by Gasteiger charge is 2.01. The molecule has 0 radical (unpaired) electrons. The normalized spacial score (nSPS) is 12.0. The fourth-order valence-corrected chi connectivity index (χ4v) is 5.54. The maximum Gasteiger partial charge on any atom is 0.132 e. The van der Waals surface area contributed by atoms with Crippen LogP contribution in [0.3, 0.4) is 0 Å². The number of ketones is 1. The molecule has 0 aromatic heterocycles. The lowest BCUT2D eigenvalue weighted by Gasteiger charge is -2.02. The molecule has 0 fully saturated rings. The van der Waals surface area contributed by atoms with Gasteiger partial charge in [-0.25, -0.2) is 0 Å². The molecule has 0 atom stereocenters. The van der Waals surface area contributed by atoms with E-state index in [1.165, 1.54) is 167 Å². The van der Waals surface area contributed by atoms with Crippen molar-refractivity contribution in [1.82, 2.24) is 0 Å². The number of rotatable bonds is 34. The standard InChI is InChI=1S/C40H74O/c1-3-5-7-9-11-13-15-17-19-21-22-23-25-27-29-31-33-35-37-39-40(41)38-36-34-32-30-28-26-24-20-18-16-14-12-10-8-6-4-2/h21-22,24-27H,3-20,23,28-39H2,1-2H3/b22-21-,26-24-,27-25+. The summed E-state index contributed by atoms with van der Waals surface area (Å²) in [6.07, 6.45) is 54.0. The van der Waals surface area contributed by atoms with Crippen molar-refractivity contribution in [2.24, 2.45) is 0 Å². The summed E-state index contributed by atoms with van der Waals surface area (Å²) in [4.78, 5) is 12.1. The summed E-state index contributed by atoms with van der Waals surface area (Å²) in [5.41, 5.74) is 0. The Morgan fingerprint density at radius 3 is 0.951 bits per heavy atom. The molecule has 1 heteroatoms. The minimum absolute atomic E-state index is 0.494. The first-order chi connectivity index (χ1) is 20.3. The lowest BCUT2D eigenvalue weighted by molar-refractivity contribution is -0.119. The summed E-state index contributed by atoms with van der Waals surface area (Å²) < 4.78 is 0. The lowest BCUT2D eigenvalue weighted by Crippen LogP contribution is -1.97. The molecule has 0 aliphatic heterocycles. The van der Waals surface area contributed by atoms with Crippen molar-refractivity contribution in [3.63, 3.8) is 0 Å². The SMILES string of the molecule is CCCCCCCCCC/C=C\C/C=C/CCCCCCC(=O)CCCCCC/C=C\CCCCCCCCCC. The van der Waals surface area contributed by atoms with Crippen molar-refractivity contribution >= 4 is 5.78 Å². The highest BCUT2D eigenvalue weighted by molar-refractivity contribution is 5.78. The lowest BCUT2D eigenvalue weighted by atomic mass is 10.0. The van der Waals surface area contributed by atoms with Gasteiger partial charge in [0.1, 0.15) is 5.78 Å². The number of allylic oxidation sites excluding steroid dienone is 6. The van der Waals surface area contributed by atoms with Crippen LogP contribution < -0.4 is 0 Å². The molecule has 41 heavy (non-hydrogen) atoms. The number of carbonyl (C=O) groups is 1. The van der Waals surface area contributed by atoms with E-state index in [1.807, 2.05) is 0 Å². The Kier molecular flexibility index (Phi) is 35.9. The van der Waals surface area contributed by atoms with Gasteiger partial charge < -0.3 is 0 Å². The molecule has 0 N–H and O–H groups in total. The second kappa shape index (κ2) is 36.9. The molecule has 0 aromatic rings. The van der Waals surface area contributed by atoms with Crippen LogP contribution in [-0.4, -0.2) is 5.78 Å². The quantitative estimate of drug-likeness (QED) is 0.0555. The molecule has 240 valence electrons. The number of carbonyl (C=O) groups excluding carboxylic acids is 1. The van der Waals surface area contributed by atoms with Gasteiger partial charge in [-0.1, -0.05) is 166 Å². The fraction of sp³-hybridized carbons (Fsp3) is 0.825. The molecule has 0 unspecified atom stereocenters. The van der Waals surface area contributed by atoms with Gasteiger partial charge in [-0.05, 0) is 70.6 Å². The van der Waals surface area contributed by atoms with Gasteiger partial charge in [-0.2, -0.15) is 0 Å². The molecule has 0 aliphatic rings. The third-order valence-corrected chi connectivity index (χ3v) is 8.37. The van der Waals surface area contributed by atoms with Crippen LogP contribution in [0.15, 0.2) is 36.5 Å². The molecule has 1 nitrogen and oxygen atoms in total. The second-order valence-corrected chi connectivity index (χ2v) is 12.6. The third kappa shape index (κ3) is 36.9. The van der Waals surface area contributed by atoms with Gasteiger partial charge in [0.15, 0.2) is 0 Å². The molecule has 0 bridgehead atoms. The van der Waals surface area contributed by atoms with Crippen molar-refractivity contribution < 1.29 is 4.79 Å². The summed E-state index contributed by atoms with van der Waals surface area (Å²) in [7, 11) is 0. The maximum atomic E-state index is 12.1. The van der Waals surface area contributed by atoms with Gasteiger partial charge in [0, 0.05) is 12.8 Å². The van der Waals surface area contributed by atoms with Crippen LogP contribution in [0.5, 0.6) is 0 Å². The maximum absolute atomic E-state index is 12.1. The number of Topliss-reactive ketones (excluding diaryl/α,β-unsaturated/α-hetero) is 1. The molecule has 0 rings (SSSR count). The van der Waals surface area contributed by atoms with Crippen LogP contribution in [0.25, 0.3) is 0 Å². The first-order valence-electron chi connectivity index (χ1n) is 18.8. The van der Waals surface area contributed by atoms with E-state index >= 15 is 0 Å². The van der Waals surface area contributed by atoms with Gasteiger partial charge >= 0.3 is 0 Å². The molecular weight excluding hydrogens is 496 g/mol. The predicted molar refractivity (Wildman–Crippen MR) is 187 cm³/mol. The Morgan fingerprint density at radius 1 is 0.341 bits per heavy atom. The van der Waals surface area contributed by atoms with Crippen LogP contribution in [0.1, 0.15) is 213 Å². The predicted octanol–water partition coefficient (Wildman–Crippen LogP) is 14.4. The average Bonchev–Trinajstić information content (AvgIpc) is 2.98. The smallest absolute Gasteiger partial charge is 0.132 e. The van der Waals surface area contributed by atoms with Crippen LogP contribution in [0.4, 0.5) is 0 Å². The van der Waals surface area contributed by atoms with Crippen molar-refractivity contribution in [3.05, 3.63) is 36.5 Å². The zero-order chi connectivity index (χ0) is 29.7. The zero-order valence-electron chi connectivity index (χ0n) is 28.3. The topological polar surface area (TPSA) is 17.1 Å². The fourth-order valence-electron chi connectivity index (χ4n) is 5.54. The number of hydrogen-bond donors (Lipinski definition) is 0. The Hall–Kier alpha value is -1.11. The number of unbranched alkanes of at least 4 members (excludes halogenated alkanes) is 24. The molecule has 0 amide bonds. The minimum atomic E-state index is 0.494. The van der Waals surface area contributed by atoms with Crippen molar-refractivity contribution in [1.29, 1.82) is 0 Å². The van der Waals surface area contributed by atoms with Gasteiger partial charge in [0.2, 0.25) is 0 Å². The minimum Gasteiger partial charge on any atom is -0.300 e. The second-order valence-electron chi connectivity index (χ2n) is 12.6. The van der Waals surface area contributed by atoms with Crippen molar-refractivity contribution in [2.75, 3.05) is 0 Å². The Balaban J connectivity index is 3.29. The highest BCUT2D eigenvalue weighted by Crippen LogP contribution is 2.13. The highest BCUT2D eigenvalue weighted by atomic mass is 16.1. The van der Waals surface area contributed by atoms with E-state index in [-0.39, 0.29) is 0 Å². The van der Waals surface area contributed by atoms with E-state index in [1.54, 1.807) is 0 Å². The summed E-state index contributed by atoms with van der Waals surface area (Å²) in [5.74, 6) is 0.494. The van der Waals surface area contributed by atoms with E-state index in [9.17, 15) is 4.79 Å². The van der Waals surface area contributed by atoms with Gasteiger partial charge in [-0.15, -0.1) is 0 Å². The monoisotopic (exact) mass is 571 g/mol. The molecule has 0 spiro atoms. The summed E-state index contributed by atoms with van der Waals surface area (Å²) in [6, 6.07) is 0. The first kappa shape index (κ1) is 39.9. The zero-order valence-corrected chi connectivity index (χ0v) is 28.3. The average molecular weight is 571 g/mol. The Morgan fingerprint density at radius 2 is 0.610 bits per heavy atom. The van der Waals surface area contributed by atoms with E-state index in [2.05, 4.69) is 50.3 Å². The van der Waals surface area contributed by atoms with Crippen molar-refractivity contribution in [3.8, 4) is 0 Å². The third-order valence-electron chi connectivity index (χ3n) is 8.37. The molecule has 0 heterocycles. The van der Waals surface area contributed by atoms with Crippen LogP contribution in [-0.2, 0) is 4.79 Å². The Labute approximate surface area is 259 Å².